The Morgan fingerprint density at radius 1 is 1.50 bits per heavy atom. The van der Waals surface area contributed by atoms with Crippen LogP contribution in [-0.2, 0) is 4.74 Å². The zero-order valence-corrected chi connectivity index (χ0v) is 9.76. The van der Waals surface area contributed by atoms with Crippen molar-refractivity contribution in [3.8, 4) is 0 Å². The Morgan fingerprint density at radius 2 is 2.25 bits per heavy atom. The second-order valence-corrected chi connectivity index (χ2v) is 3.99. The molecule has 0 unspecified atom stereocenters. The van der Waals surface area contributed by atoms with Crippen molar-refractivity contribution < 1.29 is 9.84 Å². The van der Waals surface area contributed by atoms with Gasteiger partial charge in [0.15, 0.2) is 11.0 Å². The van der Waals surface area contributed by atoms with E-state index >= 15 is 0 Å². The lowest BCUT2D eigenvalue weighted by molar-refractivity contribution is -0.00189. The number of β-amino-alcohol motifs (C(OH)–C–C–N with tert-alkyl or cyclic N) is 1. The number of anilines is 1. The van der Waals surface area contributed by atoms with E-state index in [2.05, 4.69) is 9.97 Å². The first-order chi connectivity index (χ1) is 7.72. The van der Waals surface area contributed by atoms with Gasteiger partial charge in [-0.15, -0.1) is 0 Å². The lowest BCUT2D eigenvalue weighted by Crippen LogP contribution is -2.26. The normalized spacial score (nSPS) is 25.1. The molecule has 1 aliphatic heterocycles. The van der Waals surface area contributed by atoms with Crippen molar-refractivity contribution in [1.82, 2.24) is 9.97 Å². The fourth-order valence-electron chi connectivity index (χ4n) is 1.83. The molecule has 16 heavy (non-hydrogen) atoms. The SMILES string of the molecule is CCO[C@@H]1CN(c2nccnc2Cl)C[C@@H]1O. The average Bonchev–Trinajstić information content (AvgIpc) is 2.61. The van der Waals surface area contributed by atoms with Crippen LogP contribution in [0.1, 0.15) is 6.92 Å². The molecule has 0 aromatic carbocycles. The molecule has 0 spiro atoms. The third-order valence-electron chi connectivity index (χ3n) is 2.55. The first-order valence-electron chi connectivity index (χ1n) is 5.23. The maximum Gasteiger partial charge on any atom is 0.171 e. The molecule has 2 rings (SSSR count). The van der Waals surface area contributed by atoms with Crippen LogP contribution in [-0.4, -0.2) is 47.0 Å². The number of rotatable bonds is 3. The molecule has 0 radical (unpaired) electrons. The van der Waals surface area contributed by atoms with Crippen molar-refractivity contribution in [1.29, 1.82) is 0 Å². The maximum atomic E-state index is 9.78. The molecule has 0 amide bonds. The van der Waals surface area contributed by atoms with Gasteiger partial charge in [-0.1, -0.05) is 11.6 Å². The minimum atomic E-state index is -0.502. The topological polar surface area (TPSA) is 58.5 Å². The van der Waals surface area contributed by atoms with Crippen molar-refractivity contribution in [3.05, 3.63) is 17.5 Å². The smallest absolute Gasteiger partial charge is 0.171 e. The summed E-state index contributed by atoms with van der Waals surface area (Å²) in [7, 11) is 0. The number of aliphatic hydroxyl groups is 1. The fraction of sp³-hybridized carbons (Fsp3) is 0.600. The van der Waals surface area contributed by atoms with E-state index in [0.29, 0.717) is 30.7 Å². The Morgan fingerprint density at radius 3 is 2.94 bits per heavy atom. The first kappa shape index (κ1) is 11.6. The van der Waals surface area contributed by atoms with Crippen LogP contribution >= 0.6 is 11.6 Å². The molecule has 6 heteroatoms. The van der Waals surface area contributed by atoms with Crippen molar-refractivity contribution in [2.45, 2.75) is 19.1 Å². The first-order valence-corrected chi connectivity index (χ1v) is 5.61. The van der Waals surface area contributed by atoms with Crippen LogP contribution in [0.2, 0.25) is 5.15 Å². The van der Waals surface area contributed by atoms with Gasteiger partial charge in [0.25, 0.3) is 0 Å². The summed E-state index contributed by atoms with van der Waals surface area (Å²) < 4.78 is 5.42. The Bertz CT molecular complexity index is 364. The molecule has 5 nitrogen and oxygen atoms in total. The molecule has 0 aliphatic carbocycles. The summed E-state index contributed by atoms with van der Waals surface area (Å²) in [5.74, 6) is 0.602. The molecular formula is C10H14ClN3O2. The zero-order chi connectivity index (χ0) is 11.5. The summed E-state index contributed by atoms with van der Waals surface area (Å²) >= 11 is 5.94. The highest BCUT2D eigenvalue weighted by atomic mass is 35.5. The van der Waals surface area contributed by atoms with E-state index in [1.165, 1.54) is 0 Å². The van der Waals surface area contributed by atoms with E-state index in [1.54, 1.807) is 12.4 Å². The van der Waals surface area contributed by atoms with Crippen LogP contribution in [0.3, 0.4) is 0 Å². The fourth-order valence-corrected chi connectivity index (χ4v) is 2.06. The quantitative estimate of drug-likeness (QED) is 0.848. The summed E-state index contributed by atoms with van der Waals surface area (Å²) in [6.07, 6.45) is 2.45. The molecule has 1 aromatic heterocycles. The summed E-state index contributed by atoms with van der Waals surface area (Å²) in [5, 5.41) is 10.1. The van der Waals surface area contributed by atoms with Crippen LogP contribution in [0.25, 0.3) is 0 Å². The van der Waals surface area contributed by atoms with E-state index in [4.69, 9.17) is 16.3 Å². The third-order valence-corrected chi connectivity index (χ3v) is 2.82. The number of nitrogens with zero attached hydrogens (tertiary/aromatic N) is 3. The summed E-state index contributed by atoms with van der Waals surface area (Å²) in [6.45, 7) is 3.56. The molecule has 88 valence electrons. The second-order valence-electron chi connectivity index (χ2n) is 3.64. The van der Waals surface area contributed by atoms with Gasteiger partial charge in [0.1, 0.15) is 6.10 Å². The monoisotopic (exact) mass is 243 g/mol. The van der Waals surface area contributed by atoms with Crippen LogP contribution in [0.4, 0.5) is 5.82 Å². The molecule has 1 saturated heterocycles. The number of aliphatic hydroxyl groups excluding tert-OH is 1. The highest BCUT2D eigenvalue weighted by molar-refractivity contribution is 6.31. The zero-order valence-electron chi connectivity index (χ0n) is 9.01. The second kappa shape index (κ2) is 4.95. The van der Waals surface area contributed by atoms with Crippen molar-refractivity contribution in [2.75, 3.05) is 24.6 Å². The van der Waals surface area contributed by atoms with E-state index < -0.39 is 6.10 Å². The van der Waals surface area contributed by atoms with Gasteiger partial charge in [-0.2, -0.15) is 0 Å². The average molecular weight is 244 g/mol. The predicted molar refractivity (Wildman–Crippen MR) is 60.7 cm³/mol. The van der Waals surface area contributed by atoms with Crippen molar-refractivity contribution in [2.24, 2.45) is 0 Å². The lowest BCUT2D eigenvalue weighted by atomic mass is 10.3. The van der Waals surface area contributed by atoms with E-state index in [0.717, 1.165) is 0 Å². The summed E-state index contributed by atoms with van der Waals surface area (Å²) in [6, 6.07) is 0. The van der Waals surface area contributed by atoms with Crippen LogP contribution in [0.5, 0.6) is 0 Å². The molecule has 1 aliphatic rings. The van der Waals surface area contributed by atoms with Gasteiger partial charge in [0, 0.05) is 32.1 Å². The number of ether oxygens (including phenoxy) is 1. The molecule has 2 heterocycles. The number of hydrogen-bond acceptors (Lipinski definition) is 5. The minimum Gasteiger partial charge on any atom is -0.388 e. The molecule has 0 saturated carbocycles. The number of halogens is 1. The van der Waals surface area contributed by atoms with Crippen LogP contribution < -0.4 is 4.90 Å². The van der Waals surface area contributed by atoms with Gasteiger partial charge in [-0.05, 0) is 6.92 Å². The van der Waals surface area contributed by atoms with Crippen molar-refractivity contribution >= 4 is 17.4 Å². The lowest BCUT2D eigenvalue weighted by Gasteiger charge is -2.17. The van der Waals surface area contributed by atoms with Gasteiger partial charge in [0.2, 0.25) is 0 Å². The van der Waals surface area contributed by atoms with Gasteiger partial charge < -0.3 is 14.7 Å². The van der Waals surface area contributed by atoms with Crippen molar-refractivity contribution in [3.63, 3.8) is 0 Å². The standard InChI is InChI=1S/C10H14ClN3O2/c1-2-16-8-6-14(5-7(8)15)10-9(11)12-3-4-13-10/h3-4,7-8,15H,2,5-6H2,1H3/t7-,8+/m0/s1. The summed E-state index contributed by atoms with van der Waals surface area (Å²) in [4.78, 5) is 10.0. The Balaban J connectivity index is 2.11. The highest BCUT2D eigenvalue weighted by Crippen LogP contribution is 2.25. The Kier molecular flexibility index (Phi) is 3.58. The number of hydrogen-bond donors (Lipinski definition) is 1. The van der Waals surface area contributed by atoms with Crippen LogP contribution in [0.15, 0.2) is 12.4 Å². The van der Waals surface area contributed by atoms with Gasteiger partial charge >= 0.3 is 0 Å². The van der Waals surface area contributed by atoms with E-state index in [9.17, 15) is 5.11 Å². The van der Waals surface area contributed by atoms with Gasteiger partial charge in [-0.25, -0.2) is 9.97 Å². The molecular weight excluding hydrogens is 230 g/mol. The van der Waals surface area contributed by atoms with E-state index in [1.807, 2.05) is 11.8 Å². The highest BCUT2D eigenvalue weighted by Gasteiger charge is 2.33. The Hall–Kier alpha value is -0.910. The largest absolute Gasteiger partial charge is 0.388 e. The van der Waals surface area contributed by atoms with Gasteiger partial charge in [-0.3, -0.25) is 0 Å². The van der Waals surface area contributed by atoms with E-state index in [-0.39, 0.29) is 6.10 Å². The molecule has 0 bridgehead atoms. The molecule has 2 atom stereocenters. The van der Waals surface area contributed by atoms with Crippen LogP contribution in [0, 0.1) is 0 Å². The molecule has 1 fully saturated rings. The predicted octanol–water partition coefficient (Wildman–Crippen LogP) is 0.716. The van der Waals surface area contributed by atoms with Gasteiger partial charge in [0.05, 0.1) is 6.10 Å². The molecule has 1 N–H and O–H groups in total. The summed E-state index contributed by atoms with van der Waals surface area (Å²) in [5.41, 5.74) is 0. The maximum absolute atomic E-state index is 9.78. The Labute approximate surface area is 99.0 Å². The third kappa shape index (κ3) is 2.26. The molecule has 1 aromatic rings. The number of aromatic nitrogens is 2. The minimum absolute atomic E-state index is 0.178.